The van der Waals surface area contributed by atoms with E-state index in [0.717, 1.165) is 22.4 Å². The number of fused-ring (bicyclic) bond motifs is 1. The number of carbonyl (C=O) groups excluding carboxylic acids is 12. The molecule has 142 heavy (non-hydrogen) atoms. The number of benzene rings is 2. The van der Waals surface area contributed by atoms with E-state index in [4.69, 9.17) is 100 Å². The molecule has 2 aliphatic rings. The maximum absolute atomic E-state index is 15.2. The van der Waals surface area contributed by atoms with Gasteiger partial charge in [0, 0.05) is 89.2 Å². The van der Waals surface area contributed by atoms with Crippen molar-refractivity contribution in [2.75, 3.05) is 64.7 Å². The van der Waals surface area contributed by atoms with Gasteiger partial charge < -0.3 is 179 Å². The van der Waals surface area contributed by atoms with Crippen LogP contribution in [0.1, 0.15) is 165 Å². The lowest BCUT2D eigenvalue weighted by molar-refractivity contribution is -0.142. The molecule has 0 aromatic heterocycles. The van der Waals surface area contributed by atoms with Crippen LogP contribution in [0.4, 0.5) is 4.79 Å². The Hall–Kier alpha value is -15.4. The summed E-state index contributed by atoms with van der Waals surface area (Å²) < 4.78 is 0. The Morgan fingerprint density at radius 2 is 0.563 bits per heavy atom. The second-order valence-electron chi connectivity index (χ2n) is 34.0. The lowest BCUT2D eigenvalue weighted by Gasteiger charge is -2.29. The number of nitrogens with two attached hydrogens (primary N) is 9. The van der Waals surface area contributed by atoms with Gasteiger partial charge in [-0.3, -0.25) is 106 Å². The number of hydrogen-bond acceptors (Lipinski definition) is 24. The van der Waals surface area contributed by atoms with Crippen LogP contribution >= 0.6 is 11.8 Å². The molecule has 2 saturated heterocycles. The molecule has 0 aliphatic carbocycles. The molecular formula is C85H146N40O16S. The van der Waals surface area contributed by atoms with Gasteiger partial charge in [-0.1, -0.05) is 60.5 Å². The zero-order valence-corrected chi connectivity index (χ0v) is 80.5. The number of carbonyl (C=O) groups is 14. The molecule has 2 aromatic rings. The van der Waals surface area contributed by atoms with Crippen LogP contribution in [-0.2, 0) is 68.7 Å². The van der Waals surface area contributed by atoms with Crippen LogP contribution in [0.15, 0.2) is 48.5 Å². The quantitative estimate of drug-likeness (QED) is 0.0127. The van der Waals surface area contributed by atoms with Crippen molar-refractivity contribution in [2.45, 2.75) is 251 Å². The second kappa shape index (κ2) is 64.7. The minimum absolute atomic E-state index is 0.00244. The van der Waals surface area contributed by atoms with Crippen molar-refractivity contribution in [1.29, 1.82) is 48.7 Å². The Bertz CT molecular complexity index is 4620. The van der Waals surface area contributed by atoms with Gasteiger partial charge in [0.05, 0.1) is 12.1 Å². The summed E-state index contributed by atoms with van der Waals surface area (Å²) in [5.74, 6) is -17.3. The topological polar surface area (TPSA) is 993 Å². The van der Waals surface area contributed by atoms with E-state index in [0.29, 0.717) is 24.8 Å². The maximum atomic E-state index is 15.2. The number of nitrogens with one attached hydrogen (secondary N) is 31. The lowest BCUT2D eigenvalue weighted by Crippen LogP contribution is -2.61. The third kappa shape index (κ3) is 49.2. The van der Waals surface area contributed by atoms with Gasteiger partial charge in [-0.05, 0) is 158 Å². The fourth-order valence-electron chi connectivity index (χ4n) is 15.0. The molecule has 0 spiro atoms. The van der Waals surface area contributed by atoms with Gasteiger partial charge >= 0.3 is 18.0 Å². The van der Waals surface area contributed by atoms with E-state index >= 15 is 24.0 Å². The first kappa shape index (κ1) is 119. The number of rotatable bonds is 69. The van der Waals surface area contributed by atoms with Crippen molar-refractivity contribution in [3.05, 3.63) is 59.7 Å². The van der Waals surface area contributed by atoms with Crippen LogP contribution in [0.25, 0.3) is 11.1 Å². The standard InChI is InChI=1S/C85H146N40O16S/c1-45-24-28-47(29-25-45)48-30-26-46(27-31-48)43-59(75(139)140)123-73(137)57(21-12-42-112-84(102)103)121-74(138)58(32-33-63(127)128)122-72(136)56(20-11-41-111-83(100)101)120-71(135)55(19-10-40-110-82(98)99)119-70(134)54(18-9-39-109-81(96)97)118-69(133)53(17-8-38-108-80(94)95)117-68(132)52(16-7-37-107-79(92)93)116-67(131)51(15-6-36-106-78(90)91)115-66(130)50(14-5-35-105-77(88)89)114-65(129)49(13-4-34-104-76(86)87)113-62(126)23-3-2-22-61-64-60(44-142-61)124-85(141)125-64/h24-31,49-61,64H,2-23,32-44H2,1H3,(H,113,126)(H,114,129)(H,115,130)(H,116,131)(H,117,132)(H,118,133)(H,119,134)(H,120,135)(H,121,138)(H,122,136)(H,123,137)(H,127,128)(H,139,140)(H4,86,87,104)(H4,88,89,105)(H4,90,91,106)(H4,92,93,107)(H4,94,95,108)(H4,96,97,109)(H4,98,99,110)(H4,100,101,111)(H4,102,103,112)(H2,124,125,141)/t49-,50-,51-,52-,53-,54-,55-,56-,57-,58-,59-,60-,61-,64-/m0/s1. The molecule has 2 fully saturated rings. The molecule has 4 rings (SSSR count). The summed E-state index contributed by atoms with van der Waals surface area (Å²) >= 11 is 1.71. The maximum Gasteiger partial charge on any atom is 0.326 e. The largest absolute Gasteiger partial charge is 0.481 e. The second-order valence-corrected chi connectivity index (χ2v) is 35.3. The molecule has 2 aromatic carbocycles. The molecule has 14 atom stereocenters. The van der Waals surface area contributed by atoms with E-state index in [1.165, 1.54) is 0 Å². The molecular weight excluding hydrogens is 1870 g/mol. The number of aryl methyl sites for hydroxylation is 1. The SMILES string of the molecule is Cc1ccc(-c2ccc(C[C@H](NC(=O)[C@H](CCCNC(=N)N)NC(=O)[C@H](CCC(=O)O)NC(=O)[C@H](CCCNC(=N)N)NC(=O)[C@H](CCCNC(=N)N)NC(=O)[C@H](CCCNC(=N)N)NC(=O)[C@H](CCCNC(=N)N)NC(=O)[C@H](CCCNC(=N)N)NC(=O)[C@H](CCCNC(=N)N)NC(=O)[C@H](CCCNC(=N)N)NC(=O)[C@H](CCCNC(=N)N)NC(=O)CCCC[C@@H]3SC[C@@H]4NC(=O)N[C@@H]43)C(=O)O)cc2)cc1. The van der Waals surface area contributed by atoms with Crippen LogP contribution in [0.2, 0.25) is 0 Å². The number of guanidine groups is 9. The molecule has 0 saturated carbocycles. The number of hydrogen-bond donors (Lipinski definition) is 42. The number of amides is 13. The van der Waals surface area contributed by atoms with Crippen LogP contribution in [0, 0.1) is 55.6 Å². The first-order valence-electron chi connectivity index (χ1n) is 46.7. The molecule has 0 bridgehead atoms. The Morgan fingerprint density at radius 1 is 0.324 bits per heavy atom. The van der Waals surface area contributed by atoms with Crippen LogP contribution in [-0.4, -0.2) is 295 Å². The van der Waals surface area contributed by atoms with E-state index in [1.807, 2.05) is 31.2 Å². The van der Waals surface area contributed by atoms with Gasteiger partial charge in [0.15, 0.2) is 53.6 Å². The molecule has 0 radical (unpaired) electrons. The fraction of sp³-hybridized carbons (Fsp3) is 0.588. The Kier molecular flexibility index (Phi) is 54.2. The van der Waals surface area contributed by atoms with Gasteiger partial charge in [0.2, 0.25) is 65.0 Å². The predicted molar refractivity (Wildman–Crippen MR) is 532 cm³/mol. The van der Waals surface area contributed by atoms with Crippen molar-refractivity contribution in [3.8, 4) is 11.1 Å². The van der Waals surface area contributed by atoms with Crippen molar-refractivity contribution in [1.82, 2.24) is 117 Å². The zero-order valence-electron chi connectivity index (χ0n) is 79.7. The summed E-state index contributed by atoms with van der Waals surface area (Å²) in [5.41, 5.74) is 53.6. The molecule has 56 nitrogen and oxygen atoms in total. The van der Waals surface area contributed by atoms with Gasteiger partial charge in [-0.2, -0.15) is 11.8 Å². The fourth-order valence-corrected chi connectivity index (χ4v) is 16.5. The van der Waals surface area contributed by atoms with Crippen LogP contribution < -0.4 is 169 Å². The molecule has 788 valence electrons. The zero-order chi connectivity index (χ0) is 105. The number of urea groups is 1. The highest BCUT2D eigenvalue weighted by Crippen LogP contribution is 2.33. The normalized spacial score (nSPS) is 15.5. The minimum Gasteiger partial charge on any atom is -0.481 e. The monoisotopic (exact) mass is 2020 g/mol. The lowest BCUT2D eigenvalue weighted by atomic mass is 9.99. The highest BCUT2D eigenvalue weighted by Gasteiger charge is 2.43. The number of carboxylic acids is 2. The number of thioether (sulfide) groups is 1. The molecule has 0 unspecified atom stereocenters. The average Bonchev–Trinajstić information content (AvgIpc) is 1.65. The van der Waals surface area contributed by atoms with Gasteiger partial charge in [0.1, 0.15) is 66.5 Å². The van der Waals surface area contributed by atoms with E-state index in [-0.39, 0.29) is 217 Å². The van der Waals surface area contributed by atoms with E-state index < -0.39 is 204 Å². The van der Waals surface area contributed by atoms with Crippen molar-refractivity contribution in [3.63, 3.8) is 0 Å². The number of carboxylic acid groups (broad SMARTS) is 2. The summed E-state index contributed by atoms with van der Waals surface area (Å²) in [4.78, 5) is 200. The molecule has 2 aliphatic heterocycles. The summed E-state index contributed by atoms with van der Waals surface area (Å²) in [6, 6.07) is -3.59. The van der Waals surface area contributed by atoms with Gasteiger partial charge in [-0.15, -0.1) is 0 Å². The van der Waals surface area contributed by atoms with Crippen LogP contribution in [0.5, 0.6) is 0 Å². The van der Waals surface area contributed by atoms with Gasteiger partial charge in [0.25, 0.3) is 0 Å². The third-order valence-corrected chi connectivity index (χ3v) is 23.8. The molecule has 2 heterocycles. The summed E-state index contributed by atoms with van der Waals surface area (Å²) in [5, 5.41) is 148. The Labute approximate surface area is 825 Å². The highest BCUT2D eigenvalue weighted by molar-refractivity contribution is 8.00. The van der Waals surface area contributed by atoms with E-state index in [9.17, 15) is 53.4 Å². The van der Waals surface area contributed by atoms with E-state index in [2.05, 4.69) is 117 Å². The molecule has 51 N–H and O–H groups in total. The summed E-state index contributed by atoms with van der Waals surface area (Å²) in [7, 11) is 0. The first-order chi connectivity index (χ1) is 67.4. The van der Waals surface area contributed by atoms with E-state index in [1.54, 1.807) is 36.0 Å². The number of aliphatic carboxylic acids is 2. The van der Waals surface area contributed by atoms with Crippen molar-refractivity contribution in [2.24, 2.45) is 51.6 Å². The van der Waals surface area contributed by atoms with Crippen molar-refractivity contribution < 1.29 is 77.3 Å². The third-order valence-electron chi connectivity index (χ3n) is 22.3. The summed E-state index contributed by atoms with van der Waals surface area (Å²) in [6.07, 6.45) is -2.41. The van der Waals surface area contributed by atoms with Crippen molar-refractivity contribution >= 4 is 148 Å². The Morgan fingerprint density at radius 3 is 0.810 bits per heavy atom. The highest BCUT2D eigenvalue weighted by atomic mass is 32.2. The predicted octanol–water partition coefficient (Wildman–Crippen LogP) is -8.42. The summed E-state index contributed by atoms with van der Waals surface area (Å²) in [6.45, 7) is 1.48. The first-order valence-corrected chi connectivity index (χ1v) is 47.8. The average molecular weight is 2020 g/mol. The Balaban J connectivity index is 1.75. The molecule has 57 heteroatoms. The minimum atomic E-state index is -1.83. The smallest absolute Gasteiger partial charge is 0.326 e. The van der Waals surface area contributed by atoms with Gasteiger partial charge in [-0.25, -0.2) is 9.59 Å². The van der Waals surface area contributed by atoms with Crippen LogP contribution in [0.3, 0.4) is 0 Å². The number of unbranched alkanes of at least 4 members (excludes halogenated alkanes) is 1. The molecule has 13 amide bonds.